The lowest BCUT2D eigenvalue weighted by Crippen LogP contribution is -2.23. The fourth-order valence-corrected chi connectivity index (χ4v) is 4.06. The SMILES string of the molecule is OCc1cc([C@@H](O)CNCCc2cccc(COCCOCc3c(Cl)cccc3Cl)c2)ccc1O. The first-order valence-electron chi connectivity index (χ1n) is 11.5. The lowest BCUT2D eigenvalue weighted by atomic mass is 10.0. The van der Waals surface area contributed by atoms with E-state index in [1.54, 1.807) is 30.3 Å². The van der Waals surface area contributed by atoms with Crippen LogP contribution in [0.2, 0.25) is 10.0 Å². The van der Waals surface area contributed by atoms with Crippen molar-refractivity contribution in [3.8, 4) is 5.75 Å². The van der Waals surface area contributed by atoms with E-state index in [1.807, 2.05) is 12.1 Å². The van der Waals surface area contributed by atoms with Gasteiger partial charge in [-0.25, -0.2) is 0 Å². The summed E-state index contributed by atoms with van der Waals surface area (Å²) in [7, 11) is 0. The van der Waals surface area contributed by atoms with Gasteiger partial charge >= 0.3 is 0 Å². The largest absolute Gasteiger partial charge is 0.508 e. The second-order valence-corrected chi connectivity index (χ2v) is 8.96. The van der Waals surface area contributed by atoms with Crippen LogP contribution in [-0.4, -0.2) is 41.6 Å². The molecule has 0 saturated carbocycles. The van der Waals surface area contributed by atoms with E-state index >= 15 is 0 Å². The Morgan fingerprint density at radius 1 is 0.857 bits per heavy atom. The number of ether oxygens (including phenoxy) is 2. The molecule has 0 aliphatic rings. The molecule has 0 aliphatic heterocycles. The summed E-state index contributed by atoms with van der Waals surface area (Å²) in [6, 6.07) is 18.3. The van der Waals surface area contributed by atoms with E-state index in [9.17, 15) is 15.3 Å². The van der Waals surface area contributed by atoms with Crippen molar-refractivity contribution in [2.75, 3.05) is 26.3 Å². The first-order valence-corrected chi connectivity index (χ1v) is 12.2. The van der Waals surface area contributed by atoms with E-state index in [0.29, 0.717) is 60.7 Å². The number of benzene rings is 3. The molecule has 35 heavy (non-hydrogen) atoms. The Morgan fingerprint density at radius 2 is 1.54 bits per heavy atom. The van der Waals surface area contributed by atoms with E-state index in [2.05, 4.69) is 17.4 Å². The highest BCUT2D eigenvalue weighted by atomic mass is 35.5. The number of halogens is 2. The van der Waals surface area contributed by atoms with Gasteiger partial charge in [-0.1, -0.05) is 59.6 Å². The molecule has 0 aliphatic carbocycles. The zero-order chi connectivity index (χ0) is 25.0. The predicted molar refractivity (Wildman–Crippen MR) is 138 cm³/mol. The highest BCUT2D eigenvalue weighted by Crippen LogP contribution is 2.25. The second-order valence-electron chi connectivity index (χ2n) is 8.14. The van der Waals surface area contributed by atoms with Crippen molar-refractivity contribution >= 4 is 23.2 Å². The van der Waals surface area contributed by atoms with Crippen LogP contribution in [0.15, 0.2) is 60.7 Å². The average Bonchev–Trinajstić information content (AvgIpc) is 2.86. The molecule has 0 radical (unpaired) electrons. The van der Waals surface area contributed by atoms with Crippen molar-refractivity contribution in [3.63, 3.8) is 0 Å². The topological polar surface area (TPSA) is 91.2 Å². The van der Waals surface area contributed by atoms with Gasteiger partial charge in [-0.2, -0.15) is 0 Å². The van der Waals surface area contributed by atoms with Crippen LogP contribution in [0.1, 0.15) is 33.9 Å². The molecule has 3 rings (SSSR count). The van der Waals surface area contributed by atoms with Crippen LogP contribution < -0.4 is 5.32 Å². The van der Waals surface area contributed by atoms with Gasteiger partial charge in [0.1, 0.15) is 5.75 Å². The quantitative estimate of drug-likeness (QED) is 0.229. The van der Waals surface area contributed by atoms with Crippen molar-refractivity contribution in [2.45, 2.75) is 32.3 Å². The van der Waals surface area contributed by atoms with E-state index in [4.69, 9.17) is 32.7 Å². The zero-order valence-electron chi connectivity index (χ0n) is 19.4. The number of rotatable bonds is 14. The molecule has 3 aromatic rings. The minimum absolute atomic E-state index is 0.0230. The van der Waals surface area contributed by atoms with E-state index < -0.39 is 6.10 Å². The van der Waals surface area contributed by atoms with E-state index in [1.165, 1.54) is 11.6 Å². The van der Waals surface area contributed by atoms with Gasteiger partial charge in [0.15, 0.2) is 0 Å². The number of phenols is 1. The van der Waals surface area contributed by atoms with Crippen LogP contribution in [0.4, 0.5) is 0 Å². The third-order valence-electron chi connectivity index (χ3n) is 5.53. The molecule has 0 saturated heterocycles. The third kappa shape index (κ3) is 8.78. The summed E-state index contributed by atoms with van der Waals surface area (Å²) in [5.74, 6) is 0.0230. The molecular formula is C27H31Cl2NO5. The maximum Gasteiger partial charge on any atom is 0.121 e. The molecule has 1 atom stereocenters. The van der Waals surface area contributed by atoms with Crippen LogP contribution in [0.3, 0.4) is 0 Å². The Bertz CT molecular complexity index is 1060. The summed E-state index contributed by atoms with van der Waals surface area (Å²) in [6.45, 7) is 2.53. The molecule has 0 fully saturated rings. The first-order chi connectivity index (χ1) is 17.0. The van der Waals surface area contributed by atoms with Crippen LogP contribution in [-0.2, 0) is 35.7 Å². The summed E-state index contributed by atoms with van der Waals surface area (Å²) in [5, 5.41) is 33.7. The molecule has 0 heterocycles. The number of aliphatic hydroxyl groups excluding tert-OH is 2. The van der Waals surface area contributed by atoms with E-state index in [0.717, 1.165) is 17.5 Å². The normalized spacial score (nSPS) is 12.1. The van der Waals surface area contributed by atoms with Gasteiger partial charge in [0, 0.05) is 27.7 Å². The number of aliphatic hydroxyl groups is 2. The molecule has 0 amide bonds. The first kappa shape index (κ1) is 27.4. The number of hydrogen-bond donors (Lipinski definition) is 4. The van der Waals surface area contributed by atoms with Crippen LogP contribution in [0, 0.1) is 0 Å². The molecule has 0 unspecified atom stereocenters. The van der Waals surface area contributed by atoms with Crippen molar-refractivity contribution in [1.29, 1.82) is 0 Å². The van der Waals surface area contributed by atoms with Crippen LogP contribution in [0.25, 0.3) is 0 Å². The Labute approximate surface area is 216 Å². The second kappa shape index (κ2) is 14.4. The van der Waals surface area contributed by atoms with Gasteiger partial charge in [0.2, 0.25) is 0 Å². The molecular weight excluding hydrogens is 489 g/mol. The van der Waals surface area contributed by atoms with Crippen LogP contribution in [0.5, 0.6) is 5.75 Å². The molecule has 0 bridgehead atoms. The van der Waals surface area contributed by atoms with Crippen molar-refractivity contribution < 1.29 is 24.8 Å². The minimum Gasteiger partial charge on any atom is -0.508 e. The summed E-state index contributed by atoms with van der Waals surface area (Å²) >= 11 is 12.3. The fraction of sp³-hybridized carbons (Fsp3) is 0.333. The Kier molecular flexibility index (Phi) is 11.3. The molecule has 6 nitrogen and oxygen atoms in total. The van der Waals surface area contributed by atoms with Gasteiger partial charge in [0.25, 0.3) is 0 Å². The smallest absolute Gasteiger partial charge is 0.121 e. The van der Waals surface area contributed by atoms with Crippen molar-refractivity contribution in [2.24, 2.45) is 0 Å². The van der Waals surface area contributed by atoms with Gasteiger partial charge in [-0.3, -0.25) is 0 Å². The highest BCUT2D eigenvalue weighted by Gasteiger charge is 2.10. The average molecular weight is 520 g/mol. The highest BCUT2D eigenvalue weighted by molar-refractivity contribution is 6.35. The number of aromatic hydroxyl groups is 1. The monoisotopic (exact) mass is 519 g/mol. The summed E-state index contributed by atoms with van der Waals surface area (Å²) < 4.78 is 11.4. The lowest BCUT2D eigenvalue weighted by Gasteiger charge is -2.14. The molecule has 0 spiro atoms. The van der Waals surface area contributed by atoms with Crippen LogP contribution >= 0.6 is 23.2 Å². The Balaban J connectivity index is 1.33. The predicted octanol–water partition coefficient (Wildman–Crippen LogP) is 4.79. The summed E-state index contributed by atoms with van der Waals surface area (Å²) in [4.78, 5) is 0. The zero-order valence-corrected chi connectivity index (χ0v) is 20.9. The maximum atomic E-state index is 10.4. The number of nitrogens with one attached hydrogen (secondary N) is 1. The molecule has 8 heteroatoms. The number of hydrogen-bond acceptors (Lipinski definition) is 6. The molecule has 188 valence electrons. The molecule has 0 aromatic heterocycles. The van der Waals surface area contributed by atoms with Gasteiger partial charge in [-0.15, -0.1) is 0 Å². The Morgan fingerprint density at radius 3 is 2.29 bits per heavy atom. The van der Waals surface area contributed by atoms with Crippen molar-refractivity contribution in [1.82, 2.24) is 5.32 Å². The standard InChI is InChI=1S/C27H31Cl2NO5/c28-24-5-2-6-25(29)23(24)18-35-12-11-34-17-20-4-1-3-19(13-20)9-10-30-15-27(33)21-7-8-26(32)22(14-21)16-31/h1-8,13-14,27,30-33H,9-12,15-18H2/t27-/m0/s1. The van der Waals surface area contributed by atoms with Gasteiger partial charge in [-0.05, 0) is 53.9 Å². The molecule has 4 N–H and O–H groups in total. The molecule has 3 aromatic carbocycles. The van der Waals surface area contributed by atoms with E-state index in [-0.39, 0.29) is 12.4 Å². The minimum atomic E-state index is -0.725. The maximum absolute atomic E-state index is 10.4. The van der Waals surface area contributed by atoms with Gasteiger partial charge in [0.05, 0.1) is 39.1 Å². The summed E-state index contributed by atoms with van der Waals surface area (Å²) in [6.07, 6.45) is 0.0801. The third-order valence-corrected chi connectivity index (χ3v) is 6.24. The fourth-order valence-electron chi connectivity index (χ4n) is 3.56. The Hall–Kier alpha value is -2.16. The van der Waals surface area contributed by atoms with Crippen molar-refractivity contribution in [3.05, 3.63) is 98.5 Å². The summed E-state index contributed by atoms with van der Waals surface area (Å²) in [5.41, 5.74) is 4.08. The lowest BCUT2D eigenvalue weighted by molar-refractivity contribution is 0.0339. The van der Waals surface area contributed by atoms with Gasteiger partial charge < -0.3 is 30.1 Å².